The first kappa shape index (κ1) is 10.0. The van der Waals surface area contributed by atoms with Crippen molar-refractivity contribution in [2.45, 2.75) is 38.6 Å². The first-order valence-electron chi connectivity index (χ1n) is 5.21. The van der Waals surface area contributed by atoms with E-state index in [1.54, 1.807) is 0 Å². The van der Waals surface area contributed by atoms with E-state index in [0.717, 1.165) is 5.92 Å². The van der Waals surface area contributed by atoms with Gasteiger partial charge in [-0.05, 0) is 58.7 Å². The van der Waals surface area contributed by atoms with Gasteiger partial charge in [0.05, 0.1) is 0 Å². The van der Waals surface area contributed by atoms with Crippen LogP contribution in [0.5, 0.6) is 0 Å². The van der Waals surface area contributed by atoms with Crippen LogP contribution in [0, 0.1) is 5.92 Å². The highest BCUT2D eigenvalue weighted by Gasteiger charge is 2.13. The van der Waals surface area contributed by atoms with E-state index < -0.39 is 0 Å². The monoisotopic (exact) mass is 170 g/mol. The summed E-state index contributed by atoms with van der Waals surface area (Å²) in [5.41, 5.74) is 0. The molecule has 0 aromatic carbocycles. The molecule has 1 saturated heterocycles. The van der Waals surface area contributed by atoms with Gasteiger partial charge in [0.25, 0.3) is 0 Å². The molecule has 0 aliphatic carbocycles. The minimum atomic E-state index is 0.687. The molecule has 2 nitrogen and oxygen atoms in total. The Labute approximate surface area is 76.1 Å². The van der Waals surface area contributed by atoms with Crippen molar-refractivity contribution >= 4 is 0 Å². The molecule has 0 aromatic heterocycles. The Morgan fingerprint density at radius 2 is 2.42 bits per heavy atom. The molecule has 0 amide bonds. The van der Waals surface area contributed by atoms with Crippen LogP contribution >= 0.6 is 0 Å². The Bertz CT molecular complexity index is 108. The molecule has 12 heavy (non-hydrogen) atoms. The molecule has 1 aliphatic rings. The van der Waals surface area contributed by atoms with Crippen molar-refractivity contribution in [3.63, 3.8) is 0 Å². The van der Waals surface area contributed by atoms with Crippen LogP contribution in [-0.2, 0) is 0 Å². The second-order valence-electron chi connectivity index (χ2n) is 3.98. The summed E-state index contributed by atoms with van der Waals surface area (Å²) in [5.74, 6) is 0.939. The first-order chi connectivity index (χ1) is 5.83. The van der Waals surface area contributed by atoms with Gasteiger partial charge in [0.2, 0.25) is 0 Å². The zero-order chi connectivity index (χ0) is 8.81. The van der Waals surface area contributed by atoms with Crippen molar-refractivity contribution < 1.29 is 0 Å². The van der Waals surface area contributed by atoms with Crippen LogP contribution < -0.4 is 10.6 Å². The SMILES string of the molecule is CNC(C)CCC1CCCNC1. The van der Waals surface area contributed by atoms with Gasteiger partial charge >= 0.3 is 0 Å². The molecule has 1 heterocycles. The summed E-state index contributed by atoms with van der Waals surface area (Å²) in [4.78, 5) is 0. The van der Waals surface area contributed by atoms with Crippen LogP contribution in [-0.4, -0.2) is 26.2 Å². The van der Waals surface area contributed by atoms with Gasteiger partial charge in [-0.15, -0.1) is 0 Å². The predicted molar refractivity (Wildman–Crippen MR) is 53.3 cm³/mol. The van der Waals surface area contributed by atoms with Crippen molar-refractivity contribution in [3.8, 4) is 0 Å². The van der Waals surface area contributed by atoms with E-state index in [1.165, 1.54) is 38.8 Å². The molecule has 72 valence electrons. The van der Waals surface area contributed by atoms with Gasteiger partial charge in [0.1, 0.15) is 0 Å². The summed E-state index contributed by atoms with van der Waals surface area (Å²) in [6.07, 6.45) is 5.51. The molecular formula is C10H22N2. The first-order valence-corrected chi connectivity index (χ1v) is 5.21. The van der Waals surface area contributed by atoms with Gasteiger partial charge in [-0.3, -0.25) is 0 Å². The standard InChI is InChI=1S/C10H22N2/c1-9(11-2)5-6-10-4-3-7-12-8-10/h9-12H,3-8H2,1-2H3. The zero-order valence-corrected chi connectivity index (χ0v) is 8.40. The summed E-state index contributed by atoms with van der Waals surface area (Å²) in [5, 5.41) is 6.74. The lowest BCUT2D eigenvalue weighted by Crippen LogP contribution is -2.31. The largest absolute Gasteiger partial charge is 0.317 e. The van der Waals surface area contributed by atoms with Crippen molar-refractivity contribution in [2.24, 2.45) is 5.92 Å². The number of hydrogen-bond donors (Lipinski definition) is 2. The molecule has 0 aromatic rings. The van der Waals surface area contributed by atoms with Crippen LogP contribution in [0.4, 0.5) is 0 Å². The van der Waals surface area contributed by atoms with Crippen LogP contribution in [0.1, 0.15) is 32.6 Å². The number of nitrogens with one attached hydrogen (secondary N) is 2. The lowest BCUT2D eigenvalue weighted by molar-refractivity contribution is 0.337. The fourth-order valence-electron chi connectivity index (χ4n) is 1.80. The van der Waals surface area contributed by atoms with Crippen LogP contribution in [0.3, 0.4) is 0 Å². The molecule has 0 radical (unpaired) electrons. The number of piperidine rings is 1. The third kappa shape index (κ3) is 3.55. The van der Waals surface area contributed by atoms with Gasteiger partial charge in [0, 0.05) is 6.04 Å². The van der Waals surface area contributed by atoms with Crippen LogP contribution in [0.25, 0.3) is 0 Å². The van der Waals surface area contributed by atoms with Crippen LogP contribution in [0.15, 0.2) is 0 Å². The topological polar surface area (TPSA) is 24.1 Å². The minimum Gasteiger partial charge on any atom is -0.317 e. The van der Waals surface area contributed by atoms with Crippen molar-refractivity contribution in [1.82, 2.24) is 10.6 Å². The highest BCUT2D eigenvalue weighted by atomic mass is 14.9. The van der Waals surface area contributed by atoms with Crippen molar-refractivity contribution in [3.05, 3.63) is 0 Å². The highest BCUT2D eigenvalue weighted by Crippen LogP contribution is 2.16. The van der Waals surface area contributed by atoms with Crippen molar-refractivity contribution in [2.75, 3.05) is 20.1 Å². The average molecular weight is 170 g/mol. The minimum absolute atomic E-state index is 0.687. The van der Waals surface area contributed by atoms with Gasteiger partial charge < -0.3 is 10.6 Å². The summed E-state index contributed by atoms with van der Waals surface area (Å²) >= 11 is 0. The molecule has 0 spiro atoms. The van der Waals surface area contributed by atoms with Gasteiger partial charge in [0.15, 0.2) is 0 Å². The fourth-order valence-corrected chi connectivity index (χ4v) is 1.80. The van der Waals surface area contributed by atoms with Gasteiger partial charge in [-0.2, -0.15) is 0 Å². The Morgan fingerprint density at radius 1 is 1.58 bits per heavy atom. The third-order valence-electron chi connectivity index (χ3n) is 2.90. The summed E-state index contributed by atoms with van der Waals surface area (Å²) in [6, 6.07) is 0.687. The van der Waals surface area contributed by atoms with Crippen molar-refractivity contribution in [1.29, 1.82) is 0 Å². The molecular weight excluding hydrogens is 148 g/mol. The van der Waals surface area contributed by atoms with E-state index in [4.69, 9.17) is 0 Å². The van der Waals surface area contributed by atoms with E-state index in [0.29, 0.717) is 6.04 Å². The molecule has 1 aliphatic heterocycles. The molecule has 1 fully saturated rings. The highest BCUT2D eigenvalue weighted by molar-refractivity contribution is 4.70. The molecule has 0 saturated carbocycles. The summed E-state index contributed by atoms with van der Waals surface area (Å²) in [7, 11) is 2.05. The summed E-state index contributed by atoms with van der Waals surface area (Å²) < 4.78 is 0. The third-order valence-corrected chi connectivity index (χ3v) is 2.90. The molecule has 2 unspecified atom stereocenters. The molecule has 0 bridgehead atoms. The average Bonchev–Trinajstić information content (AvgIpc) is 2.16. The van der Waals surface area contributed by atoms with Gasteiger partial charge in [-0.1, -0.05) is 0 Å². The quantitative estimate of drug-likeness (QED) is 0.666. The molecule has 2 N–H and O–H groups in total. The maximum Gasteiger partial charge on any atom is 0.00358 e. The molecule has 2 heteroatoms. The predicted octanol–water partition coefficient (Wildman–Crippen LogP) is 1.37. The molecule has 1 rings (SSSR count). The van der Waals surface area contributed by atoms with E-state index in [9.17, 15) is 0 Å². The van der Waals surface area contributed by atoms with E-state index in [-0.39, 0.29) is 0 Å². The maximum absolute atomic E-state index is 3.46. The Hall–Kier alpha value is -0.0800. The van der Waals surface area contributed by atoms with E-state index in [1.807, 2.05) is 7.05 Å². The Kier molecular flexibility index (Phi) is 4.62. The Morgan fingerprint density at radius 3 is 3.00 bits per heavy atom. The summed E-state index contributed by atoms with van der Waals surface area (Å²) in [6.45, 7) is 4.74. The number of rotatable bonds is 4. The smallest absolute Gasteiger partial charge is 0.00358 e. The normalized spacial score (nSPS) is 27.0. The van der Waals surface area contributed by atoms with Gasteiger partial charge in [-0.25, -0.2) is 0 Å². The number of hydrogen-bond acceptors (Lipinski definition) is 2. The second kappa shape index (κ2) is 5.55. The lowest BCUT2D eigenvalue weighted by atomic mass is 9.93. The maximum atomic E-state index is 3.46. The fraction of sp³-hybridized carbons (Fsp3) is 1.00. The van der Waals surface area contributed by atoms with E-state index >= 15 is 0 Å². The van der Waals surface area contributed by atoms with E-state index in [2.05, 4.69) is 17.6 Å². The Balaban J connectivity index is 2.05. The zero-order valence-electron chi connectivity index (χ0n) is 8.40. The molecule has 2 atom stereocenters. The van der Waals surface area contributed by atoms with Crippen LogP contribution in [0.2, 0.25) is 0 Å². The lowest BCUT2D eigenvalue weighted by Gasteiger charge is -2.23. The second-order valence-corrected chi connectivity index (χ2v) is 3.98.